The first-order valence-corrected chi connectivity index (χ1v) is 8.90. The summed E-state index contributed by atoms with van der Waals surface area (Å²) in [6.45, 7) is 3.31. The number of amides is 1. The minimum absolute atomic E-state index is 0.0500. The third-order valence-electron chi connectivity index (χ3n) is 4.22. The van der Waals surface area contributed by atoms with E-state index in [1.165, 1.54) is 6.26 Å². The molecule has 1 N–H and O–H groups in total. The standard InChI is InChI=1S/C17H18N4O2S/c1-11-18-15(13-6-9-24-16(13)19-11)20-12-4-2-7-21(10-12)17(22)14-5-3-8-23-14/h3,5-6,8-9,12H,2,4,7,10H2,1H3,(H,18,19,20)/t12-/m0/s1. The van der Waals surface area contributed by atoms with E-state index in [-0.39, 0.29) is 11.9 Å². The first kappa shape index (κ1) is 15.1. The maximum Gasteiger partial charge on any atom is 0.289 e. The molecule has 1 aliphatic rings. The highest BCUT2D eigenvalue weighted by molar-refractivity contribution is 7.16. The molecule has 0 spiro atoms. The molecule has 1 amide bonds. The Morgan fingerprint density at radius 3 is 3.17 bits per heavy atom. The molecule has 24 heavy (non-hydrogen) atoms. The molecule has 1 atom stereocenters. The van der Waals surface area contributed by atoms with Crippen LogP contribution in [0.1, 0.15) is 29.2 Å². The summed E-state index contributed by atoms with van der Waals surface area (Å²) in [5.74, 6) is 1.96. The zero-order valence-corrected chi connectivity index (χ0v) is 14.2. The first-order chi connectivity index (χ1) is 11.7. The van der Waals surface area contributed by atoms with Crippen molar-refractivity contribution in [3.8, 4) is 0 Å². The zero-order chi connectivity index (χ0) is 16.5. The second-order valence-corrected chi connectivity index (χ2v) is 6.87. The fraction of sp³-hybridized carbons (Fsp3) is 0.353. The Hall–Kier alpha value is -2.41. The molecule has 3 aromatic heterocycles. The average molecular weight is 342 g/mol. The number of thiophene rings is 1. The SMILES string of the molecule is Cc1nc(N[C@H]2CCCN(C(=O)c3ccco3)C2)c2ccsc2n1. The highest BCUT2D eigenvalue weighted by atomic mass is 32.1. The Balaban J connectivity index is 1.52. The fourth-order valence-corrected chi connectivity index (χ4v) is 3.91. The lowest BCUT2D eigenvalue weighted by atomic mass is 10.1. The molecule has 1 fully saturated rings. The molecule has 0 saturated carbocycles. The summed E-state index contributed by atoms with van der Waals surface area (Å²) < 4.78 is 5.23. The van der Waals surface area contributed by atoms with E-state index in [2.05, 4.69) is 15.3 Å². The van der Waals surface area contributed by atoms with Crippen molar-refractivity contribution in [2.24, 2.45) is 0 Å². The maximum absolute atomic E-state index is 12.5. The van der Waals surface area contributed by atoms with Crippen LogP contribution in [0.25, 0.3) is 10.2 Å². The fourth-order valence-electron chi connectivity index (χ4n) is 3.10. The van der Waals surface area contributed by atoms with Gasteiger partial charge in [-0.25, -0.2) is 9.97 Å². The number of nitrogens with zero attached hydrogens (tertiary/aromatic N) is 3. The van der Waals surface area contributed by atoms with E-state index < -0.39 is 0 Å². The molecule has 1 aliphatic heterocycles. The summed E-state index contributed by atoms with van der Waals surface area (Å²) in [7, 11) is 0. The van der Waals surface area contributed by atoms with Crippen LogP contribution in [0.5, 0.6) is 0 Å². The molecule has 4 rings (SSSR count). The number of piperidine rings is 1. The van der Waals surface area contributed by atoms with Crippen LogP contribution in [-0.4, -0.2) is 39.9 Å². The van der Waals surface area contributed by atoms with Gasteiger partial charge in [0.2, 0.25) is 0 Å². The summed E-state index contributed by atoms with van der Waals surface area (Å²) in [6.07, 6.45) is 3.50. The van der Waals surface area contributed by atoms with Crippen molar-refractivity contribution in [3.63, 3.8) is 0 Å². The van der Waals surface area contributed by atoms with E-state index in [4.69, 9.17) is 4.42 Å². The molecular weight excluding hydrogens is 324 g/mol. The number of likely N-dealkylation sites (tertiary alicyclic amines) is 1. The number of rotatable bonds is 3. The highest BCUT2D eigenvalue weighted by Gasteiger charge is 2.26. The first-order valence-electron chi connectivity index (χ1n) is 8.02. The molecule has 0 radical (unpaired) electrons. The monoisotopic (exact) mass is 342 g/mol. The van der Waals surface area contributed by atoms with Crippen molar-refractivity contribution < 1.29 is 9.21 Å². The van der Waals surface area contributed by atoms with Gasteiger partial charge in [0.1, 0.15) is 16.5 Å². The minimum Gasteiger partial charge on any atom is -0.459 e. The second kappa shape index (κ2) is 6.24. The Kier molecular flexibility index (Phi) is 3.93. The Morgan fingerprint density at radius 1 is 1.42 bits per heavy atom. The molecule has 0 bridgehead atoms. The number of hydrogen-bond acceptors (Lipinski definition) is 6. The predicted octanol–water partition coefficient (Wildman–Crippen LogP) is 3.31. The Bertz CT molecular complexity index is 859. The summed E-state index contributed by atoms with van der Waals surface area (Å²) in [5, 5.41) is 6.58. The van der Waals surface area contributed by atoms with Crippen LogP contribution in [0.3, 0.4) is 0 Å². The van der Waals surface area contributed by atoms with Gasteiger partial charge in [0.15, 0.2) is 5.76 Å². The van der Waals surface area contributed by atoms with Gasteiger partial charge in [-0.2, -0.15) is 0 Å². The Labute approximate surface area is 143 Å². The summed E-state index contributed by atoms with van der Waals surface area (Å²) in [4.78, 5) is 24.3. The van der Waals surface area contributed by atoms with Crippen LogP contribution < -0.4 is 5.32 Å². The second-order valence-electron chi connectivity index (χ2n) is 5.97. The van der Waals surface area contributed by atoms with E-state index >= 15 is 0 Å². The molecule has 0 aliphatic carbocycles. The smallest absolute Gasteiger partial charge is 0.289 e. The lowest BCUT2D eigenvalue weighted by molar-refractivity contribution is 0.0682. The van der Waals surface area contributed by atoms with E-state index in [1.807, 2.05) is 23.3 Å². The lowest BCUT2D eigenvalue weighted by Crippen LogP contribution is -2.45. The molecular formula is C17H18N4O2S. The lowest BCUT2D eigenvalue weighted by Gasteiger charge is -2.33. The molecule has 1 saturated heterocycles. The van der Waals surface area contributed by atoms with Crippen molar-refractivity contribution >= 4 is 33.3 Å². The van der Waals surface area contributed by atoms with E-state index in [0.717, 1.165) is 41.2 Å². The van der Waals surface area contributed by atoms with Gasteiger partial charge in [-0.1, -0.05) is 0 Å². The maximum atomic E-state index is 12.5. The van der Waals surface area contributed by atoms with Crippen LogP contribution in [0.4, 0.5) is 5.82 Å². The molecule has 4 heterocycles. The van der Waals surface area contributed by atoms with E-state index in [9.17, 15) is 4.79 Å². The number of aryl methyl sites for hydroxylation is 1. The molecule has 0 unspecified atom stereocenters. The molecule has 0 aromatic carbocycles. The van der Waals surface area contributed by atoms with Crippen LogP contribution in [0.2, 0.25) is 0 Å². The van der Waals surface area contributed by atoms with Crippen molar-refractivity contribution in [2.45, 2.75) is 25.8 Å². The van der Waals surface area contributed by atoms with Crippen LogP contribution in [0.15, 0.2) is 34.3 Å². The molecule has 3 aromatic rings. The number of carbonyl (C=O) groups excluding carboxylic acids is 1. The quantitative estimate of drug-likeness (QED) is 0.791. The van der Waals surface area contributed by atoms with Crippen LogP contribution >= 0.6 is 11.3 Å². The number of furan rings is 1. The van der Waals surface area contributed by atoms with E-state index in [0.29, 0.717) is 12.3 Å². The van der Waals surface area contributed by atoms with Gasteiger partial charge < -0.3 is 14.6 Å². The van der Waals surface area contributed by atoms with Crippen molar-refractivity contribution in [3.05, 3.63) is 41.4 Å². The number of nitrogens with one attached hydrogen (secondary N) is 1. The molecule has 7 heteroatoms. The normalized spacial score (nSPS) is 18.0. The summed E-state index contributed by atoms with van der Waals surface area (Å²) in [5.41, 5.74) is 0. The van der Waals surface area contributed by atoms with Crippen molar-refractivity contribution in [1.82, 2.24) is 14.9 Å². The van der Waals surface area contributed by atoms with E-state index in [1.54, 1.807) is 23.5 Å². The number of anilines is 1. The molecule has 124 valence electrons. The van der Waals surface area contributed by atoms with Gasteiger partial charge in [0, 0.05) is 19.1 Å². The van der Waals surface area contributed by atoms with Gasteiger partial charge in [-0.05, 0) is 43.3 Å². The van der Waals surface area contributed by atoms with Crippen LogP contribution in [0, 0.1) is 6.92 Å². The third-order valence-corrected chi connectivity index (χ3v) is 5.02. The van der Waals surface area contributed by atoms with Gasteiger partial charge in [0.05, 0.1) is 11.6 Å². The average Bonchev–Trinajstić information content (AvgIpc) is 3.25. The summed E-state index contributed by atoms with van der Waals surface area (Å²) >= 11 is 1.61. The predicted molar refractivity (Wildman–Crippen MR) is 93.4 cm³/mol. The van der Waals surface area contributed by atoms with Gasteiger partial charge in [-0.3, -0.25) is 4.79 Å². The number of carbonyl (C=O) groups is 1. The summed E-state index contributed by atoms with van der Waals surface area (Å²) in [6, 6.07) is 5.66. The Morgan fingerprint density at radius 2 is 2.33 bits per heavy atom. The van der Waals surface area contributed by atoms with Crippen molar-refractivity contribution in [2.75, 3.05) is 18.4 Å². The third kappa shape index (κ3) is 2.87. The number of hydrogen-bond donors (Lipinski definition) is 1. The number of fused-ring (bicyclic) bond motifs is 1. The van der Waals surface area contributed by atoms with Gasteiger partial charge in [-0.15, -0.1) is 11.3 Å². The van der Waals surface area contributed by atoms with Gasteiger partial charge in [0.25, 0.3) is 5.91 Å². The van der Waals surface area contributed by atoms with Gasteiger partial charge >= 0.3 is 0 Å². The topological polar surface area (TPSA) is 71.3 Å². The highest BCUT2D eigenvalue weighted by Crippen LogP contribution is 2.26. The minimum atomic E-state index is -0.0500. The number of aromatic nitrogens is 2. The van der Waals surface area contributed by atoms with Crippen LogP contribution in [-0.2, 0) is 0 Å². The molecule has 6 nitrogen and oxygen atoms in total. The van der Waals surface area contributed by atoms with Crippen molar-refractivity contribution in [1.29, 1.82) is 0 Å². The largest absolute Gasteiger partial charge is 0.459 e. The zero-order valence-electron chi connectivity index (χ0n) is 13.4.